The van der Waals surface area contributed by atoms with E-state index in [1.54, 1.807) is 11.3 Å². The number of rotatable bonds is 3. The SMILES string of the molecule is CN(C)Cc1nc(C(C)(C)C)c(CN)s1. The van der Waals surface area contributed by atoms with Gasteiger partial charge in [0, 0.05) is 23.4 Å². The van der Waals surface area contributed by atoms with Crippen molar-refractivity contribution in [2.24, 2.45) is 5.73 Å². The third-order valence-electron chi connectivity index (χ3n) is 2.09. The Balaban J connectivity index is 3.01. The Hall–Kier alpha value is -0.450. The maximum Gasteiger partial charge on any atom is 0.107 e. The van der Waals surface area contributed by atoms with E-state index >= 15 is 0 Å². The van der Waals surface area contributed by atoms with Crippen LogP contribution in [0.2, 0.25) is 0 Å². The van der Waals surface area contributed by atoms with Crippen molar-refractivity contribution in [1.82, 2.24) is 9.88 Å². The van der Waals surface area contributed by atoms with Gasteiger partial charge in [-0.25, -0.2) is 4.98 Å². The first-order valence-corrected chi connectivity index (χ1v) is 6.00. The molecule has 0 aliphatic rings. The van der Waals surface area contributed by atoms with Crippen molar-refractivity contribution in [1.29, 1.82) is 0 Å². The van der Waals surface area contributed by atoms with Gasteiger partial charge in [0.25, 0.3) is 0 Å². The minimum Gasteiger partial charge on any atom is -0.326 e. The van der Waals surface area contributed by atoms with Crippen LogP contribution < -0.4 is 5.73 Å². The second-order valence-electron chi connectivity index (χ2n) is 5.07. The molecule has 1 aromatic rings. The molecule has 0 radical (unpaired) electrons. The van der Waals surface area contributed by atoms with E-state index in [0.717, 1.165) is 17.2 Å². The average molecular weight is 227 g/mol. The molecule has 0 saturated heterocycles. The van der Waals surface area contributed by atoms with Gasteiger partial charge in [-0.2, -0.15) is 0 Å². The maximum absolute atomic E-state index is 5.75. The van der Waals surface area contributed by atoms with Crippen molar-refractivity contribution in [2.75, 3.05) is 14.1 Å². The van der Waals surface area contributed by atoms with Crippen LogP contribution in [0.1, 0.15) is 36.3 Å². The summed E-state index contributed by atoms with van der Waals surface area (Å²) in [5, 5.41) is 1.16. The molecule has 86 valence electrons. The molecule has 0 aliphatic heterocycles. The largest absolute Gasteiger partial charge is 0.326 e. The lowest BCUT2D eigenvalue weighted by molar-refractivity contribution is 0.400. The van der Waals surface area contributed by atoms with E-state index in [1.165, 1.54) is 4.88 Å². The summed E-state index contributed by atoms with van der Waals surface area (Å²) in [5.41, 5.74) is 7.00. The van der Waals surface area contributed by atoms with Crippen LogP contribution in [0.3, 0.4) is 0 Å². The van der Waals surface area contributed by atoms with Gasteiger partial charge in [0.2, 0.25) is 0 Å². The number of nitrogens with zero attached hydrogens (tertiary/aromatic N) is 2. The monoisotopic (exact) mass is 227 g/mol. The zero-order chi connectivity index (χ0) is 11.6. The molecule has 15 heavy (non-hydrogen) atoms. The first-order valence-electron chi connectivity index (χ1n) is 5.18. The lowest BCUT2D eigenvalue weighted by atomic mass is 9.91. The number of thiazole rings is 1. The molecule has 0 bridgehead atoms. The minimum atomic E-state index is 0.0930. The van der Waals surface area contributed by atoms with Gasteiger partial charge in [-0.3, -0.25) is 0 Å². The molecule has 4 heteroatoms. The molecule has 1 aromatic heterocycles. The fraction of sp³-hybridized carbons (Fsp3) is 0.727. The number of hydrogen-bond donors (Lipinski definition) is 1. The highest BCUT2D eigenvalue weighted by atomic mass is 32.1. The lowest BCUT2D eigenvalue weighted by Gasteiger charge is -2.17. The van der Waals surface area contributed by atoms with Crippen LogP contribution >= 0.6 is 11.3 Å². The normalized spacial score (nSPS) is 12.5. The summed E-state index contributed by atoms with van der Waals surface area (Å²) >= 11 is 1.74. The van der Waals surface area contributed by atoms with Crippen LogP contribution in [-0.4, -0.2) is 24.0 Å². The van der Waals surface area contributed by atoms with Gasteiger partial charge >= 0.3 is 0 Å². The van der Waals surface area contributed by atoms with Gasteiger partial charge in [0.05, 0.1) is 5.69 Å². The first kappa shape index (κ1) is 12.6. The summed E-state index contributed by atoms with van der Waals surface area (Å²) in [6, 6.07) is 0. The van der Waals surface area contributed by atoms with Gasteiger partial charge in [-0.1, -0.05) is 20.8 Å². The van der Waals surface area contributed by atoms with E-state index in [0.29, 0.717) is 6.54 Å². The minimum absolute atomic E-state index is 0.0930. The summed E-state index contributed by atoms with van der Waals surface area (Å²) < 4.78 is 0. The second-order valence-corrected chi connectivity index (χ2v) is 6.24. The van der Waals surface area contributed by atoms with Crippen LogP contribution in [0.15, 0.2) is 0 Å². The molecule has 0 unspecified atom stereocenters. The van der Waals surface area contributed by atoms with Crippen molar-refractivity contribution in [2.45, 2.75) is 39.3 Å². The van der Waals surface area contributed by atoms with E-state index in [2.05, 4.69) is 44.8 Å². The van der Waals surface area contributed by atoms with Gasteiger partial charge in [-0.05, 0) is 14.1 Å². The summed E-state index contributed by atoms with van der Waals surface area (Å²) in [6.45, 7) is 8.04. The van der Waals surface area contributed by atoms with E-state index in [1.807, 2.05) is 0 Å². The summed E-state index contributed by atoms with van der Waals surface area (Å²) in [7, 11) is 4.11. The van der Waals surface area contributed by atoms with Crippen molar-refractivity contribution in [3.8, 4) is 0 Å². The molecule has 0 saturated carbocycles. The quantitative estimate of drug-likeness (QED) is 0.858. The Bertz CT molecular complexity index is 323. The van der Waals surface area contributed by atoms with Crippen LogP contribution in [0.5, 0.6) is 0 Å². The average Bonchev–Trinajstić information content (AvgIpc) is 2.45. The van der Waals surface area contributed by atoms with E-state index in [9.17, 15) is 0 Å². The van der Waals surface area contributed by atoms with Crippen molar-refractivity contribution in [3.63, 3.8) is 0 Å². The van der Waals surface area contributed by atoms with Crippen LogP contribution in [-0.2, 0) is 18.5 Å². The molecule has 0 fully saturated rings. The van der Waals surface area contributed by atoms with E-state index < -0.39 is 0 Å². The molecule has 0 atom stereocenters. The lowest BCUT2D eigenvalue weighted by Crippen LogP contribution is -2.16. The van der Waals surface area contributed by atoms with Gasteiger partial charge < -0.3 is 10.6 Å². The third-order valence-corrected chi connectivity index (χ3v) is 3.15. The topological polar surface area (TPSA) is 42.2 Å². The van der Waals surface area contributed by atoms with Crippen LogP contribution in [0, 0.1) is 0 Å². The highest BCUT2D eigenvalue weighted by molar-refractivity contribution is 7.11. The van der Waals surface area contributed by atoms with E-state index in [4.69, 9.17) is 5.73 Å². The predicted molar refractivity (Wildman–Crippen MR) is 66.1 cm³/mol. The zero-order valence-corrected chi connectivity index (χ0v) is 11.1. The molecule has 1 rings (SSSR count). The summed E-state index contributed by atoms with van der Waals surface area (Å²) in [5.74, 6) is 0. The Morgan fingerprint density at radius 3 is 2.27 bits per heavy atom. The molecular weight excluding hydrogens is 206 g/mol. The Labute approximate surface area is 96.3 Å². The molecular formula is C11H21N3S. The molecule has 0 spiro atoms. The van der Waals surface area contributed by atoms with Crippen molar-refractivity contribution >= 4 is 11.3 Å². The fourth-order valence-corrected chi connectivity index (χ4v) is 2.74. The smallest absolute Gasteiger partial charge is 0.107 e. The summed E-state index contributed by atoms with van der Waals surface area (Å²) in [6.07, 6.45) is 0. The predicted octanol–water partition coefficient (Wildman–Crippen LogP) is 1.96. The van der Waals surface area contributed by atoms with Gasteiger partial charge in [-0.15, -0.1) is 11.3 Å². The zero-order valence-electron chi connectivity index (χ0n) is 10.3. The molecule has 2 N–H and O–H groups in total. The van der Waals surface area contributed by atoms with Gasteiger partial charge in [0.15, 0.2) is 0 Å². The van der Waals surface area contributed by atoms with Crippen molar-refractivity contribution in [3.05, 3.63) is 15.6 Å². The van der Waals surface area contributed by atoms with Gasteiger partial charge in [0.1, 0.15) is 5.01 Å². The molecule has 1 heterocycles. The maximum atomic E-state index is 5.75. The number of aromatic nitrogens is 1. The van der Waals surface area contributed by atoms with Crippen LogP contribution in [0.25, 0.3) is 0 Å². The highest BCUT2D eigenvalue weighted by Crippen LogP contribution is 2.29. The standard InChI is InChI=1S/C11H21N3S/c1-11(2,3)10-8(6-12)15-9(13-10)7-14(4)5/h6-7,12H2,1-5H3. The molecule has 0 aromatic carbocycles. The molecule has 0 amide bonds. The fourth-order valence-electron chi connectivity index (χ4n) is 1.46. The Morgan fingerprint density at radius 2 is 1.93 bits per heavy atom. The highest BCUT2D eigenvalue weighted by Gasteiger charge is 2.22. The first-order chi connectivity index (χ1) is 6.84. The number of hydrogen-bond acceptors (Lipinski definition) is 4. The number of nitrogens with two attached hydrogens (primary N) is 1. The second kappa shape index (κ2) is 4.60. The summed E-state index contributed by atoms with van der Waals surface area (Å²) in [4.78, 5) is 8.04. The van der Waals surface area contributed by atoms with Crippen molar-refractivity contribution < 1.29 is 0 Å². The van der Waals surface area contributed by atoms with E-state index in [-0.39, 0.29) is 5.41 Å². The Kier molecular flexibility index (Phi) is 3.87. The molecule has 3 nitrogen and oxygen atoms in total. The van der Waals surface area contributed by atoms with Crippen LogP contribution in [0.4, 0.5) is 0 Å². The Morgan fingerprint density at radius 1 is 1.33 bits per heavy atom. The third kappa shape index (κ3) is 3.26. The molecule has 0 aliphatic carbocycles.